The third kappa shape index (κ3) is 4.30. The van der Waals surface area contributed by atoms with Crippen LogP contribution in [0.4, 0.5) is 5.69 Å². The minimum atomic E-state index is 0.861. The molecule has 0 saturated carbocycles. The number of ether oxygens (including phenoxy) is 1. The molecule has 0 bridgehead atoms. The standard InChI is InChI=1S/C17H22N2OS/c1-14-2-7-17(21-14)12-18-16-5-3-15(4-6-16)13-19-8-10-20-11-9-19/h2-7,18H,8-13H2,1H3. The molecule has 0 unspecified atom stereocenters. The Kier molecular flexibility index (Phi) is 4.91. The number of hydrogen-bond donors (Lipinski definition) is 1. The summed E-state index contributed by atoms with van der Waals surface area (Å²) in [6.45, 7) is 7.87. The van der Waals surface area contributed by atoms with Crippen molar-refractivity contribution in [3.8, 4) is 0 Å². The number of rotatable bonds is 5. The summed E-state index contributed by atoms with van der Waals surface area (Å²) < 4.78 is 5.38. The highest BCUT2D eigenvalue weighted by molar-refractivity contribution is 7.11. The van der Waals surface area contributed by atoms with Crippen LogP contribution >= 0.6 is 11.3 Å². The summed E-state index contributed by atoms with van der Waals surface area (Å²) in [5.74, 6) is 0. The van der Waals surface area contributed by atoms with Crippen molar-refractivity contribution in [1.29, 1.82) is 0 Å². The number of thiophene rings is 1. The van der Waals surface area contributed by atoms with E-state index >= 15 is 0 Å². The van der Waals surface area contributed by atoms with E-state index in [4.69, 9.17) is 4.74 Å². The molecule has 4 heteroatoms. The molecular formula is C17H22N2OS. The van der Waals surface area contributed by atoms with Crippen LogP contribution in [0.2, 0.25) is 0 Å². The van der Waals surface area contributed by atoms with Crippen LogP contribution < -0.4 is 5.32 Å². The van der Waals surface area contributed by atoms with E-state index in [1.165, 1.54) is 21.0 Å². The van der Waals surface area contributed by atoms with E-state index in [1.54, 1.807) is 0 Å². The van der Waals surface area contributed by atoms with Crippen molar-refractivity contribution in [2.45, 2.75) is 20.0 Å². The van der Waals surface area contributed by atoms with Crippen LogP contribution in [0.5, 0.6) is 0 Å². The second-order valence-corrected chi connectivity index (χ2v) is 6.82. The molecule has 1 aromatic carbocycles. The van der Waals surface area contributed by atoms with E-state index in [2.05, 4.69) is 53.5 Å². The van der Waals surface area contributed by atoms with Crippen molar-refractivity contribution in [2.24, 2.45) is 0 Å². The van der Waals surface area contributed by atoms with Gasteiger partial charge in [0.25, 0.3) is 0 Å². The first-order chi connectivity index (χ1) is 10.3. The van der Waals surface area contributed by atoms with Gasteiger partial charge in [-0.3, -0.25) is 4.90 Å². The Balaban J connectivity index is 1.51. The Hall–Kier alpha value is -1.36. The van der Waals surface area contributed by atoms with Crippen molar-refractivity contribution >= 4 is 17.0 Å². The topological polar surface area (TPSA) is 24.5 Å². The SMILES string of the molecule is Cc1ccc(CNc2ccc(CN3CCOCC3)cc2)s1. The molecule has 0 amide bonds. The van der Waals surface area contributed by atoms with Gasteiger partial charge in [-0.1, -0.05) is 12.1 Å². The van der Waals surface area contributed by atoms with E-state index in [0.717, 1.165) is 39.4 Å². The molecular weight excluding hydrogens is 280 g/mol. The monoisotopic (exact) mass is 302 g/mol. The van der Waals surface area contributed by atoms with Gasteiger partial charge in [-0.05, 0) is 36.8 Å². The summed E-state index contributed by atoms with van der Waals surface area (Å²) in [7, 11) is 0. The maximum atomic E-state index is 5.38. The third-order valence-electron chi connectivity index (χ3n) is 3.73. The molecule has 1 aromatic heterocycles. The van der Waals surface area contributed by atoms with Gasteiger partial charge in [0, 0.05) is 41.6 Å². The maximum absolute atomic E-state index is 5.38. The van der Waals surface area contributed by atoms with Crippen LogP contribution in [0.3, 0.4) is 0 Å². The summed E-state index contributed by atoms with van der Waals surface area (Å²) >= 11 is 1.85. The van der Waals surface area contributed by atoms with Crippen LogP contribution in [0.1, 0.15) is 15.3 Å². The number of benzene rings is 1. The Bertz CT molecular complexity index is 558. The molecule has 0 spiro atoms. The van der Waals surface area contributed by atoms with Gasteiger partial charge < -0.3 is 10.1 Å². The van der Waals surface area contributed by atoms with Crippen LogP contribution in [-0.4, -0.2) is 31.2 Å². The second kappa shape index (κ2) is 7.07. The highest BCUT2D eigenvalue weighted by Gasteiger charge is 2.10. The number of aryl methyl sites for hydroxylation is 1. The molecule has 1 aliphatic heterocycles. The van der Waals surface area contributed by atoms with Crippen LogP contribution in [-0.2, 0) is 17.8 Å². The molecule has 112 valence electrons. The molecule has 21 heavy (non-hydrogen) atoms. The predicted octanol–water partition coefficient (Wildman–Crippen LogP) is 3.50. The van der Waals surface area contributed by atoms with Crippen LogP contribution in [0, 0.1) is 6.92 Å². The van der Waals surface area contributed by atoms with Gasteiger partial charge in [0.1, 0.15) is 0 Å². The van der Waals surface area contributed by atoms with Gasteiger partial charge in [0.05, 0.1) is 13.2 Å². The predicted molar refractivity (Wildman–Crippen MR) is 88.9 cm³/mol. The number of nitrogens with one attached hydrogen (secondary N) is 1. The van der Waals surface area contributed by atoms with Crippen molar-refractivity contribution in [1.82, 2.24) is 4.90 Å². The first-order valence-electron chi connectivity index (χ1n) is 7.48. The molecule has 1 fully saturated rings. The maximum Gasteiger partial charge on any atom is 0.0594 e. The van der Waals surface area contributed by atoms with Gasteiger partial charge in [-0.2, -0.15) is 0 Å². The molecule has 3 nitrogen and oxygen atoms in total. The van der Waals surface area contributed by atoms with Gasteiger partial charge in [-0.15, -0.1) is 11.3 Å². The van der Waals surface area contributed by atoms with E-state index in [1.807, 2.05) is 11.3 Å². The summed E-state index contributed by atoms with van der Waals surface area (Å²) in [5, 5.41) is 3.48. The lowest BCUT2D eigenvalue weighted by Crippen LogP contribution is -2.35. The molecule has 3 rings (SSSR count). The molecule has 1 N–H and O–H groups in total. The van der Waals surface area contributed by atoms with E-state index in [0.29, 0.717) is 0 Å². The second-order valence-electron chi connectivity index (χ2n) is 5.45. The Morgan fingerprint density at radius 1 is 1.10 bits per heavy atom. The van der Waals surface area contributed by atoms with Gasteiger partial charge in [-0.25, -0.2) is 0 Å². The van der Waals surface area contributed by atoms with Crippen LogP contribution in [0.15, 0.2) is 36.4 Å². The van der Waals surface area contributed by atoms with Crippen molar-refractivity contribution < 1.29 is 4.74 Å². The quantitative estimate of drug-likeness (QED) is 0.915. The Labute approximate surface area is 130 Å². The fraction of sp³-hybridized carbons (Fsp3) is 0.412. The third-order valence-corrected chi connectivity index (χ3v) is 4.73. The number of anilines is 1. The van der Waals surface area contributed by atoms with E-state index < -0.39 is 0 Å². The largest absolute Gasteiger partial charge is 0.380 e. The average Bonchev–Trinajstić information content (AvgIpc) is 2.93. The summed E-state index contributed by atoms with van der Waals surface area (Å²) in [6, 6.07) is 13.2. The Morgan fingerprint density at radius 3 is 2.52 bits per heavy atom. The lowest BCUT2D eigenvalue weighted by Gasteiger charge is -2.26. The fourth-order valence-corrected chi connectivity index (χ4v) is 3.34. The first-order valence-corrected chi connectivity index (χ1v) is 8.29. The lowest BCUT2D eigenvalue weighted by atomic mass is 10.2. The molecule has 0 aliphatic carbocycles. The minimum Gasteiger partial charge on any atom is -0.380 e. The molecule has 1 aliphatic rings. The number of hydrogen-bond acceptors (Lipinski definition) is 4. The molecule has 0 radical (unpaired) electrons. The molecule has 2 heterocycles. The summed E-state index contributed by atoms with van der Waals surface area (Å²) in [5.41, 5.74) is 2.56. The summed E-state index contributed by atoms with van der Waals surface area (Å²) in [6.07, 6.45) is 0. The summed E-state index contributed by atoms with van der Waals surface area (Å²) in [4.78, 5) is 5.19. The van der Waals surface area contributed by atoms with E-state index in [-0.39, 0.29) is 0 Å². The molecule has 2 aromatic rings. The number of morpholine rings is 1. The van der Waals surface area contributed by atoms with Crippen LogP contribution in [0.25, 0.3) is 0 Å². The number of nitrogens with zero attached hydrogens (tertiary/aromatic N) is 1. The minimum absolute atomic E-state index is 0.861. The fourth-order valence-electron chi connectivity index (χ4n) is 2.51. The molecule has 1 saturated heterocycles. The highest BCUT2D eigenvalue weighted by Crippen LogP contribution is 2.18. The zero-order valence-electron chi connectivity index (χ0n) is 12.5. The normalized spacial score (nSPS) is 16.0. The van der Waals surface area contributed by atoms with Gasteiger partial charge >= 0.3 is 0 Å². The zero-order valence-corrected chi connectivity index (χ0v) is 13.3. The lowest BCUT2D eigenvalue weighted by molar-refractivity contribution is 0.0342. The molecule has 0 atom stereocenters. The smallest absolute Gasteiger partial charge is 0.0594 e. The van der Waals surface area contributed by atoms with Gasteiger partial charge in [0.15, 0.2) is 0 Å². The van der Waals surface area contributed by atoms with E-state index in [9.17, 15) is 0 Å². The van der Waals surface area contributed by atoms with Gasteiger partial charge in [0.2, 0.25) is 0 Å². The average molecular weight is 302 g/mol. The first kappa shape index (κ1) is 14.6. The van der Waals surface area contributed by atoms with Crippen molar-refractivity contribution in [3.05, 3.63) is 51.7 Å². The zero-order chi connectivity index (χ0) is 14.5. The van der Waals surface area contributed by atoms with Crippen molar-refractivity contribution in [3.63, 3.8) is 0 Å². The highest BCUT2D eigenvalue weighted by atomic mass is 32.1. The van der Waals surface area contributed by atoms with Crippen molar-refractivity contribution in [2.75, 3.05) is 31.6 Å². The Morgan fingerprint density at radius 2 is 1.86 bits per heavy atom.